The molecule has 0 bridgehead atoms. The van der Waals surface area contributed by atoms with E-state index in [0.717, 1.165) is 0 Å². The normalized spacial score (nSPS) is 22.4. The third-order valence-corrected chi connectivity index (χ3v) is 5.77. The van der Waals surface area contributed by atoms with E-state index in [4.69, 9.17) is 4.74 Å². The number of likely N-dealkylation sites (tertiary alicyclic amines) is 1. The number of carbonyl (C=O) groups is 2. The van der Waals surface area contributed by atoms with Gasteiger partial charge in [0.25, 0.3) is 0 Å². The topological polar surface area (TPSA) is 66.8 Å². The van der Waals surface area contributed by atoms with Gasteiger partial charge in [-0.15, -0.1) is 0 Å². The average Bonchev–Trinajstić information content (AvgIpc) is 2.73. The molecule has 154 valence electrons. The highest BCUT2D eigenvalue weighted by Crippen LogP contribution is 2.41. The maximum absolute atomic E-state index is 14.3. The van der Waals surface area contributed by atoms with Gasteiger partial charge in [-0.3, -0.25) is 14.5 Å². The van der Waals surface area contributed by atoms with Crippen molar-refractivity contribution in [3.8, 4) is 0 Å². The van der Waals surface area contributed by atoms with Crippen LogP contribution in [0.1, 0.15) is 27.4 Å². The van der Waals surface area contributed by atoms with Crippen LogP contribution in [-0.4, -0.2) is 55.1 Å². The van der Waals surface area contributed by atoms with Gasteiger partial charge in [-0.25, -0.2) is 4.39 Å². The molecule has 6 heteroatoms. The van der Waals surface area contributed by atoms with Crippen molar-refractivity contribution in [3.05, 3.63) is 71.0 Å². The molecule has 29 heavy (non-hydrogen) atoms. The van der Waals surface area contributed by atoms with E-state index >= 15 is 0 Å². The molecule has 0 radical (unpaired) electrons. The predicted octanol–water partition coefficient (Wildman–Crippen LogP) is 3.38. The second kappa shape index (κ2) is 9.29. The van der Waals surface area contributed by atoms with Crippen LogP contribution in [0.4, 0.5) is 4.39 Å². The highest BCUT2D eigenvalue weighted by molar-refractivity contribution is 5.99. The van der Waals surface area contributed by atoms with E-state index in [1.54, 1.807) is 50.4 Å². The lowest BCUT2D eigenvalue weighted by Crippen LogP contribution is -2.51. The number of methoxy groups -OCH3 is 1. The Morgan fingerprint density at radius 1 is 1.10 bits per heavy atom. The van der Waals surface area contributed by atoms with Crippen LogP contribution in [0.2, 0.25) is 0 Å². The molecule has 0 saturated carbocycles. The summed E-state index contributed by atoms with van der Waals surface area (Å²) in [6.07, 6.45) is 0. The largest absolute Gasteiger partial charge is 0.481 e. The highest BCUT2D eigenvalue weighted by Gasteiger charge is 2.45. The Bertz CT molecular complexity index is 870. The number of rotatable bonds is 7. The van der Waals surface area contributed by atoms with Gasteiger partial charge in [0.15, 0.2) is 5.78 Å². The summed E-state index contributed by atoms with van der Waals surface area (Å²) >= 11 is 0. The van der Waals surface area contributed by atoms with Crippen LogP contribution in [0.25, 0.3) is 0 Å². The summed E-state index contributed by atoms with van der Waals surface area (Å²) in [6.45, 7) is 3.32. The van der Waals surface area contributed by atoms with Gasteiger partial charge in [-0.05, 0) is 24.1 Å². The number of piperidine rings is 1. The standard InChI is InChI=1S/C23H26FNO4/c1-15-17(9-6-10-20(15)24)21-18(22(26)16-7-4-3-5-8-16)13-25(11-12-29-2)14-19(21)23(27)28/h3-10,18-19,21H,11-14H2,1-2H3,(H,27,28)/t18-,19-,21-/m0/s1. The van der Waals surface area contributed by atoms with Gasteiger partial charge in [0, 0.05) is 44.1 Å². The van der Waals surface area contributed by atoms with Gasteiger partial charge in [0.2, 0.25) is 0 Å². The summed E-state index contributed by atoms with van der Waals surface area (Å²) < 4.78 is 19.4. The zero-order valence-corrected chi connectivity index (χ0v) is 16.7. The molecular weight excluding hydrogens is 373 g/mol. The first-order valence-electron chi connectivity index (χ1n) is 9.72. The maximum atomic E-state index is 14.3. The fraction of sp³-hybridized carbons (Fsp3) is 0.391. The molecule has 1 saturated heterocycles. The van der Waals surface area contributed by atoms with Gasteiger partial charge in [0.1, 0.15) is 5.82 Å². The summed E-state index contributed by atoms with van der Waals surface area (Å²) in [5, 5.41) is 9.98. The summed E-state index contributed by atoms with van der Waals surface area (Å²) in [7, 11) is 1.59. The fourth-order valence-corrected chi connectivity index (χ4v) is 4.25. The molecule has 2 aromatic rings. The summed E-state index contributed by atoms with van der Waals surface area (Å²) in [5.41, 5.74) is 1.53. The van der Waals surface area contributed by atoms with E-state index in [-0.39, 0.29) is 18.1 Å². The Hall–Kier alpha value is -2.57. The number of carbonyl (C=O) groups excluding carboxylic acids is 1. The van der Waals surface area contributed by atoms with Gasteiger partial charge in [-0.1, -0.05) is 42.5 Å². The van der Waals surface area contributed by atoms with Crippen molar-refractivity contribution in [2.75, 3.05) is 33.4 Å². The SMILES string of the molecule is COCCN1C[C@H](C(=O)O)[C@@H](c2cccc(F)c2C)[C@@H](C(=O)c2ccccc2)C1. The lowest BCUT2D eigenvalue weighted by Gasteiger charge is -2.42. The minimum Gasteiger partial charge on any atom is -0.481 e. The molecule has 0 unspecified atom stereocenters. The first-order chi connectivity index (χ1) is 13.9. The number of hydrogen-bond donors (Lipinski definition) is 1. The lowest BCUT2D eigenvalue weighted by molar-refractivity contribution is -0.145. The van der Waals surface area contributed by atoms with Gasteiger partial charge in [-0.2, -0.15) is 0 Å². The first kappa shape index (κ1) is 21.1. The molecule has 0 amide bonds. The number of carboxylic acid groups (broad SMARTS) is 1. The van der Waals surface area contributed by atoms with Crippen LogP contribution in [-0.2, 0) is 9.53 Å². The Morgan fingerprint density at radius 2 is 1.79 bits per heavy atom. The highest BCUT2D eigenvalue weighted by atomic mass is 19.1. The molecule has 1 aliphatic heterocycles. The minimum absolute atomic E-state index is 0.118. The lowest BCUT2D eigenvalue weighted by atomic mass is 9.70. The van der Waals surface area contributed by atoms with Crippen LogP contribution in [0.15, 0.2) is 48.5 Å². The maximum Gasteiger partial charge on any atom is 0.308 e. The van der Waals surface area contributed by atoms with Gasteiger partial charge >= 0.3 is 5.97 Å². The van der Waals surface area contributed by atoms with Gasteiger partial charge in [0.05, 0.1) is 12.5 Å². The minimum atomic E-state index is -0.980. The Labute approximate surface area is 170 Å². The van der Waals surface area contributed by atoms with Crippen molar-refractivity contribution < 1.29 is 23.8 Å². The molecule has 0 aliphatic carbocycles. The second-order valence-electron chi connectivity index (χ2n) is 7.51. The van der Waals surface area contributed by atoms with Crippen molar-refractivity contribution in [1.29, 1.82) is 0 Å². The second-order valence-corrected chi connectivity index (χ2v) is 7.51. The summed E-state index contributed by atoms with van der Waals surface area (Å²) in [5.74, 6) is -3.50. The van der Waals surface area contributed by atoms with Gasteiger partial charge < -0.3 is 9.84 Å². The van der Waals surface area contributed by atoms with E-state index in [1.165, 1.54) is 6.07 Å². The van der Waals surface area contributed by atoms with Crippen molar-refractivity contribution in [2.24, 2.45) is 11.8 Å². The number of nitrogens with zero attached hydrogens (tertiary/aromatic N) is 1. The molecule has 1 aliphatic rings. The third kappa shape index (κ3) is 4.54. The van der Waals surface area contributed by atoms with E-state index in [1.807, 2.05) is 11.0 Å². The molecule has 1 fully saturated rings. The molecule has 5 nitrogen and oxygen atoms in total. The Balaban J connectivity index is 2.07. The molecule has 3 rings (SSSR count). The Kier molecular flexibility index (Phi) is 6.77. The molecule has 2 aromatic carbocycles. The molecule has 3 atom stereocenters. The van der Waals surface area contributed by atoms with Crippen molar-refractivity contribution in [3.63, 3.8) is 0 Å². The van der Waals surface area contributed by atoms with Crippen LogP contribution < -0.4 is 0 Å². The van der Waals surface area contributed by atoms with E-state index < -0.39 is 23.7 Å². The van der Waals surface area contributed by atoms with E-state index in [2.05, 4.69) is 0 Å². The average molecular weight is 399 g/mol. The smallest absolute Gasteiger partial charge is 0.308 e. The Morgan fingerprint density at radius 3 is 2.45 bits per heavy atom. The van der Waals surface area contributed by atoms with Crippen molar-refractivity contribution in [1.82, 2.24) is 4.90 Å². The number of ether oxygens (including phenoxy) is 1. The molecule has 1 N–H and O–H groups in total. The zero-order chi connectivity index (χ0) is 21.0. The van der Waals surface area contributed by atoms with Crippen molar-refractivity contribution >= 4 is 11.8 Å². The zero-order valence-electron chi connectivity index (χ0n) is 16.7. The number of carboxylic acids is 1. The van der Waals surface area contributed by atoms with Crippen LogP contribution in [0, 0.1) is 24.6 Å². The number of ketones is 1. The van der Waals surface area contributed by atoms with Crippen LogP contribution in [0.5, 0.6) is 0 Å². The molecule has 0 spiro atoms. The predicted molar refractivity (Wildman–Crippen MR) is 108 cm³/mol. The molecular formula is C23H26FNO4. The number of aliphatic carboxylic acids is 1. The third-order valence-electron chi connectivity index (χ3n) is 5.77. The fourth-order valence-electron chi connectivity index (χ4n) is 4.25. The van der Waals surface area contributed by atoms with Crippen molar-refractivity contribution in [2.45, 2.75) is 12.8 Å². The van der Waals surface area contributed by atoms with Crippen LogP contribution >= 0.6 is 0 Å². The number of halogens is 1. The molecule has 1 heterocycles. The summed E-state index contributed by atoms with van der Waals surface area (Å²) in [6, 6.07) is 13.6. The molecule has 0 aromatic heterocycles. The van der Waals surface area contributed by atoms with Crippen LogP contribution in [0.3, 0.4) is 0 Å². The monoisotopic (exact) mass is 399 g/mol. The van der Waals surface area contributed by atoms with E-state index in [0.29, 0.717) is 36.4 Å². The van der Waals surface area contributed by atoms with E-state index in [9.17, 15) is 19.1 Å². The number of hydrogen-bond acceptors (Lipinski definition) is 4. The summed E-state index contributed by atoms with van der Waals surface area (Å²) in [4.78, 5) is 27.6. The quantitative estimate of drug-likeness (QED) is 0.723. The first-order valence-corrected chi connectivity index (χ1v) is 9.72. The number of Topliss-reactive ketones (excluding diaryl/α,β-unsaturated/α-hetero) is 1. The number of benzene rings is 2.